The Balaban J connectivity index is 2.67. The number of hydrogen-bond donors (Lipinski definition) is 2. The van der Waals surface area contributed by atoms with E-state index in [-0.39, 0.29) is 5.84 Å². The molecule has 2 rings (SSSR count). The van der Waals surface area contributed by atoms with Crippen molar-refractivity contribution in [3.63, 3.8) is 0 Å². The molecule has 0 bridgehead atoms. The van der Waals surface area contributed by atoms with Crippen LogP contribution in [-0.2, 0) is 0 Å². The summed E-state index contributed by atoms with van der Waals surface area (Å²) in [7, 11) is 0. The lowest BCUT2D eigenvalue weighted by Crippen LogP contribution is -2.08. The molecule has 0 radical (unpaired) electrons. The van der Waals surface area contributed by atoms with Crippen LogP contribution in [0.2, 0.25) is 0 Å². The highest BCUT2D eigenvalue weighted by Crippen LogP contribution is 2.29. The van der Waals surface area contributed by atoms with Gasteiger partial charge in [0.05, 0.1) is 8.89 Å². The number of nitrogens with two attached hydrogens (primary N) is 1. The average Bonchev–Trinajstić information content (AvgIpc) is 2.40. The third kappa shape index (κ3) is 1.04. The molecule has 0 atom stereocenters. The second-order valence-corrected chi connectivity index (χ2v) is 4.41. The number of fused-ring (bicyclic) bond motifs is 1. The van der Waals surface area contributed by atoms with Crippen LogP contribution in [0.1, 0.15) is 4.88 Å². The molecule has 0 spiro atoms. The lowest BCUT2D eigenvalue weighted by Gasteiger charge is -1.85. The second-order valence-electron chi connectivity index (χ2n) is 2.19. The third-order valence-corrected chi connectivity index (χ3v) is 3.65. The van der Waals surface area contributed by atoms with E-state index in [2.05, 4.69) is 0 Å². The molecule has 0 aromatic carbocycles. The van der Waals surface area contributed by atoms with Crippen molar-refractivity contribution in [3.05, 3.63) is 22.4 Å². The predicted octanol–water partition coefficient (Wildman–Crippen LogP) is 2.25. The topological polar surface area (TPSA) is 49.9 Å². The summed E-state index contributed by atoms with van der Waals surface area (Å²) in [6.45, 7) is 0. The molecule has 0 unspecified atom stereocenters. The lowest BCUT2D eigenvalue weighted by molar-refractivity contribution is 1.46. The second kappa shape index (κ2) is 2.32. The Hall–Kier alpha value is -0.870. The van der Waals surface area contributed by atoms with Gasteiger partial charge in [0.1, 0.15) is 5.84 Å². The van der Waals surface area contributed by atoms with Crippen LogP contribution in [0.5, 0.6) is 0 Å². The number of hydrogen-bond acceptors (Lipinski definition) is 3. The number of thiophene rings is 2. The summed E-state index contributed by atoms with van der Waals surface area (Å²) in [5.41, 5.74) is 5.34. The SMILES string of the molecule is N=C(N)c1cc2ccsc2s1. The minimum Gasteiger partial charge on any atom is -0.383 e. The Kier molecular flexibility index (Phi) is 1.44. The number of amidine groups is 1. The van der Waals surface area contributed by atoms with E-state index in [4.69, 9.17) is 11.1 Å². The molecule has 0 saturated heterocycles. The maximum Gasteiger partial charge on any atom is 0.133 e. The zero-order chi connectivity index (χ0) is 7.84. The maximum absolute atomic E-state index is 7.20. The van der Waals surface area contributed by atoms with Gasteiger partial charge in [-0.15, -0.1) is 22.7 Å². The molecule has 0 aliphatic heterocycles. The molecule has 0 amide bonds. The Labute approximate surface area is 71.8 Å². The van der Waals surface area contributed by atoms with Crippen LogP contribution >= 0.6 is 22.7 Å². The van der Waals surface area contributed by atoms with E-state index in [1.54, 1.807) is 22.7 Å². The van der Waals surface area contributed by atoms with Crippen molar-refractivity contribution in [2.75, 3.05) is 0 Å². The molecule has 0 aliphatic carbocycles. The van der Waals surface area contributed by atoms with Crippen LogP contribution in [0.4, 0.5) is 0 Å². The highest BCUT2D eigenvalue weighted by atomic mass is 32.2. The van der Waals surface area contributed by atoms with E-state index in [9.17, 15) is 0 Å². The minimum atomic E-state index is 0.165. The van der Waals surface area contributed by atoms with E-state index in [0.29, 0.717) is 0 Å². The highest BCUT2D eigenvalue weighted by molar-refractivity contribution is 7.38. The van der Waals surface area contributed by atoms with Crippen LogP contribution in [0.25, 0.3) is 9.40 Å². The zero-order valence-electron chi connectivity index (χ0n) is 5.63. The van der Waals surface area contributed by atoms with E-state index < -0.39 is 0 Å². The van der Waals surface area contributed by atoms with Gasteiger partial charge in [0.2, 0.25) is 0 Å². The molecule has 2 aromatic heterocycles. The fourth-order valence-corrected chi connectivity index (χ4v) is 2.87. The van der Waals surface area contributed by atoms with Crippen molar-refractivity contribution in [2.24, 2.45) is 5.73 Å². The highest BCUT2D eigenvalue weighted by Gasteiger charge is 2.03. The first-order valence-corrected chi connectivity index (χ1v) is 4.78. The van der Waals surface area contributed by atoms with Gasteiger partial charge in [0, 0.05) is 5.39 Å². The lowest BCUT2D eigenvalue weighted by atomic mass is 10.3. The van der Waals surface area contributed by atoms with Gasteiger partial charge in [-0.2, -0.15) is 0 Å². The van der Waals surface area contributed by atoms with Crippen molar-refractivity contribution in [1.29, 1.82) is 5.41 Å². The molecule has 0 saturated carbocycles. The minimum absolute atomic E-state index is 0.165. The monoisotopic (exact) mass is 182 g/mol. The Bertz CT molecular complexity index is 371. The smallest absolute Gasteiger partial charge is 0.133 e. The average molecular weight is 182 g/mol. The van der Waals surface area contributed by atoms with Crippen LogP contribution in [-0.4, -0.2) is 5.84 Å². The standard InChI is InChI=1S/C7H6N2S2/c8-6(9)5-3-4-1-2-10-7(4)11-5/h1-3H,(H3,8,9). The Morgan fingerprint density at radius 3 is 3.00 bits per heavy atom. The number of nitrogen functional groups attached to an aromatic ring is 1. The predicted molar refractivity (Wildman–Crippen MR) is 50.7 cm³/mol. The van der Waals surface area contributed by atoms with Gasteiger partial charge >= 0.3 is 0 Å². The fourth-order valence-electron chi connectivity index (χ4n) is 0.899. The summed E-state index contributed by atoms with van der Waals surface area (Å²) >= 11 is 3.27. The molecular weight excluding hydrogens is 176 g/mol. The summed E-state index contributed by atoms with van der Waals surface area (Å²) in [6, 6.07) is 4.00. The molecule has 2 nitrogen and oxygen atoms in total. The largest absolute Gasteiger partial charge is 0.383 e. The molecule has 0 fully saturated rings. The van der Waals surface area contributed by atoms with Gasteiger partial charge in [0.25, 0.3) is 0 Å². The molecule has 56 valence electrons. The van der Waals surface area contributed by atoms with Crippen LogP contribution < -0.4 is 5.73 Å². The first-order chi connectivity index (χ1) is 5.27. The Morgan fingerprint density at radius 2 is 2.36 bits per heavy atom. The summed E-state index contributed by atoms with van der Waals surface area (Å²) < 4.78 is 1.25. The Morgan fingerprint density at radius 1 is 1.55 bits per heavy atom. The summed E-state index contributed by atoms with van der Waals surface area (Å²) in [6.07, 6.45) is 0. The number of nitrogens with one attached hydrogen (secondary N) is 1. The molecule has 4 heteroatoms. The molecule has 2 heterocycles. The molecular formula is C7H6N2S2. The maximum atomic E-state index is 7.20. The molecule has 3 N–H and O–H groups in total. The van der Waals surface area contributed by atoms with E-state index >= 15 is 0 Å². The van der Waals surface area contributed by atoms with E-state index in [1.807, 2.05) is 17.5 Å². The quantitative estimate of drug-likeness (QED) is 0.515. The first-order valence-electron chi connectivity index (χ1n) is 3.09. The summed E-state index contributed by atoms with van der Waals surface area (Å²) in [5, 5.41) is 10.4. The summed E-state index contributed by atoms with van der Waals surface area (Å²) in [5.74, 6) is 0.165. The third-order valence-electron chi connectivity index (χ3n) is 1.41. The van der Waals surface area contributed by atoms with Gasteiger partial charge in [-0.25, -0.2) is 0 Å². The zero-order valence-corrected chi connectivity index (χ0v) is 7.26. The van der Waals surface area contributed by atoms with Crippen LogP contribution in [0.15, 0.2) is 17.5 Å². The molecule has 11 heavy (non-hydrogen) atoms. The van der Waals surface area contributed by atoms with E-state index in [0.717, 1.165) is 4.88 Å². The van der Waals surface area contributed by atoms with Gasteiger partial charge in [-0.1, -0.05) is 0 Å². The van der Waals surface area contributed by atoms with Crippen molar-refractivity contribution in [1.82, 2.24) is 0 Å². The van der Waals surface area contributed by atoms with Gasteiger partial charge < -0.3 is 5.73 Å². The van der Waals surface area contributed by atoms with Crippen LogP contribution in [0.3, 0.4) is 0 Å². The van der Waals surface area contributed by atoms with E-state index in [1.165, 1.54) is 9.40 Å². The van der Waals surface area contributed by atoms with Crippen molar-refractivity contribution >= 4 is 37.9 Å². The number of rotatable bonds is 1. The molecule has 2 aromatic rings. The van der Waals surface area contributed by atoms with Gasteiger partial charge in [-0.3, -0.25) is 5.41 Å². The summed E-state index contributed by atoms with van der Waals surface area (Å²) in [4.78, 5) is 0.867. The van der Waals surface area contributed by atoms with Crippen LogP contribution in [0, 0.1) is 5.41 Å². The first kappa shape index (κ1) is 6.82. The molecule has 0 aliphatic rings. The van der Waals surface area contributed by atoms with Gasteiger partial charge in [0.15, 0.2) is 0 Å². The van der Waals surface area contributed by atoms with Crippen molar-refractivity contribution in [2.45, 2.75) is 0 Å². The normalized spacial score (nSPS) is 10.5. The fraction of sp³-hybridized carbons (Fsp3) is 0. The van der Waals surface area contributed by atoms with Gasteiger partial charge in [-0.05, 0) is 17.5 Å². The van der Waals surface area contributed by atoms with Crippen molar-refractivity contribution in [3.8, 4) is 0 Å². The van der Waals surface area contributed by atoms with Crippen molar-refractivity contribution < 1.29 is 0 Å².